The number of rotatable bonds is 6. The Kier molecular flexibility index (Phi) is 4.99. The van der Waals surface area contributed by atoms with Gasteiger partial charge in [0.05, 0.1) is 5.75 Å². The predicted molar refractivity (Wildman–Crippen MR) is 108 cm³/mol. The first-order chi connectivity index (χ1) is 13.1. The maximum absolute atomic E-state index is 12.2. The molecule has 2 atom stereocenters. The Bertz CT molecular complexity index is 937. The third-order valence-corrected chi connectivity index (χ3v) is 5.91. The van der Waals surface area contributed by atoms with E-state index in [9.17, 15) is 4.79 Å². The van der Waals surface area contributed by atoms with E-state index in [1.807, 2.05) is 48.9 Å². The van der Waals surface area contributed by atoms with Crippen LogP contribution in [0.15, 0.2) is 59.8 Å². The largest absolute Gasteiger partial charge is 0.325 e. The molecule has 1 aliphatic rings. The fraction of sp³-hybridized carbons (Fsp3) is 0.286. The summed E-state index contributed by atoms with van der Waals surface area (Å²) < 4.78 is 2.03. The molecule has 3 aromatic rings. The maximum Gasteiger partial charge on any atom is 0.234 e. The van der Waals surface area contributed by atoms with Crippen molar-refractivity contribution in [3.63, 3.8) is 0 Å². The molecule has 2 unspecified atom stereocenters. The van der Waals surface area contributed by atoms with Crippen molar-refractivity contribution in [3.05, 3.63) is 71.5 Å². The van der Waals surface area contributed by atoms with Crippen molar-refractivity contribution in [2.45, 2.75) is 30.3 Å². The van der Waals surface area contributed by atoms with Crippen molar-refractivity contribution in [3.8, 4) is 0 Å². The fourth-order valence-corrected chi connectivity index (χ4v) is 4.01. The van der Waals surface area contributed by atoms with Crippen LogP contribution in [0.4, 0.5) is 5.69 Å². The summed E-state index contributed by atoms with van der Waals surface area (Å²) >= 11 is 1.42. The molecule has 0 spiro atoms. The van der Waals surface area contributed by atoms with Gasteiger partial charge in [-0.15, -0.1) is 10.2 Å². The van der Waals surface area contributed by atoms with Crippen molar-refractivity contribution in [1.82, 2.24) is 14.8 Å². The van der Waals surface area contributed by atoms with E-state index < -0.39 is 0 Å². The van der Waals surface area contributed by atoms with E-state index in [1.165, 1.54) is 22.9 Å². The summed E-state index contributed by atoms with van der Waals surface area (Å²) in [5, 5.41) is 12.4. The molecule has 0 bridgehead atoms. The average molecular weight is 379 g/mol. The van der Waals surface area contributed by atoms with Gasteiger partial charge in [0.1, 0.15) is 5.82 Å². The molecule has 1 amide bonds. The SMILES string of the molecule is Cc1ccc(NC(=O)CSc2nnc(C3CC3c3ccccc3)n2C)cc1. The molecule has 2 aromatic carbocycles. The molecule has 6 heteroatoms. The van der Waals surface area contributed by atoms with Gasteiger partial charge in [-0.1, -0.05) is 59.8 Å². The lowest BCUT2D eigenvalue weighted by Crippen LogP contribution is -2.14. The van der Waals surface area contributed by atoms with Crippen LogP contribution in [0.2, 0.25) is 0 Å². The number of thioether (sulfide) groups is 1. The molecule has 1 aromatic heterocycles. The zero-order chi connectivity index (χ0) is 18.8. The van der Waals surface area contributed by atoms with Gasteiger partial charge in [0.15, 0.2) is 5.16 Å². The van der Waals surface area contributed by atoms with Crippen molar-refractivity contribution in [1.29, 1.82) is 0 Å². The van der Waals surface area contributed by atoms with Crippen molar-refractivity contribution >= 4 is 23.4 Å². The van der Waals surface area contributed by atoms with Gasteiger partial charge < -0.3 is 9.88 Å². The van der Waals surface area contributed by atoms with Crippen molar-refractivity contribution in [2.24, 2.45) is 7.05 Å². The standard InChI is InChI=1S/C21H22N4OS/c1-14-8-10-16(11-9-14)22-19(26)13-27-21-24-23-20(25(21)2)18-12-17(18)15-6-4-3-5-7-15/h3-11,17-18H,12-13H2,1-2H3,(H,22,26). The third-order valence-electron chi connectivity index (χ3n) is 4.89. The lowest BCUT2D eigenvalue weighted by Gasteiger charge is -2.06. The van der Waals surface area contributed by atoms with Crippen LogP contribution in [0.1, 0.15) is 35.2 Å². The first kappa shape index (κ1) is 17.8. The molecule has 1 saturated carbocycles. The smallest absolute Gasteiger partial charge is 0.234 e. The number of aryl methyl sites for hydroxylation is 1. The molecule has 1 fully saturated rings. The van der Waals surface area contributed by atoms with Gasteiger partial charge in [0.25, 0.3) is 0 Å². The molecule has 1 heterocycles. The van der Waals surface area contributed by atoms with Gasteiger partial charge in [0, 0.05) is 18.7 Å². The Morgan fingerprint density at radius 3 is 2.59 bits per heavy atom. The molecule has 27 heavy (non-hydrogen) atoms. The Morgan fingerprint density at radius 2 is 1.85 bits per heavy atom. The van der Waals surface area contributed by atoms with E-state index in [0.717, 1.165) is 23.1 Å². The molecule has 0 radical (unpaired) electrons. The molecule has 5 nitrogen and oxygen atoms in total. The average Bonchev–Trinajstić information content (AvgIpc) is 3.39. The minimum Gasteiger partial charge on any atom is -0.325 e. The lowest BCUT2D eigenvalue weighted by molar-refractivity contribution is -0.113. The Balaban J connectivity index is 1.34. The molecular formula is C21H22N4OS. The van der Waals surface area contributed by atoms with E-state index in [-0.39, 0.29) is 5.91 Å². The second-order valence-corrected chi connectivity index (χ2v) is 7.90. The second kappa shape index (κ2) is 7.56. The minimum atomic E-state index is -0.0398. The highest BCUT2D eigenvalue weighted by Gasteiger charge is 2.42. The van der Waals surface area contributed by atoms with E-state index in [0.29, 0.717) is 17.6 Å². The predicted octanol–water partition coefficient (Wildman–Crippen LogP) is 4.13. The van der Waals surface area contributed by atoms with E-state index >= 15 is 0 Å². The number of anilines is 1. The van der Waals surface area contributed by atoms with Crippen LogP contribution in [0.5, 0.6) is 0 Å². The first-order valence-electron chi connectivity index (χ1n) is 9.05. The number of benzene rings is 2. The molecule has 0 saturated heterocycles. The van der Waals surface area contributed by atoms with E-state index in [4.69, 9.17) is 0 Å². The van der Waals surface area contributed by atoms with Gasteiger partial charge in [-0.3, -0.25) is 4.79 Å². The van der Waals surface area contributed by atoms with Gasteiger partial charge in [-0.05, 0) is 37.0 Å². The Labute approximate surface area is 163 Å². The van der Waals surface area contributed by atoms with Crippen molar-refractivity contribution < 1.29 is 4.79 Å². The van der Waals surface area contributed by atoms with Crippen LogP contribution in [0, 0.1) is 6.92 Å². The molecule has 1 aliphatic carbocycles. The number of aromatic nitrogens is 3. The molecular weight excluding hydrogens is 356 g/mol. The van der Waals surface area contributed by atoms with Gasteiger partial charge in [0.2, 0.25) is 5.91 Å². The number of nitrogens with zero attached hydrogens (tertiary/aromatic N) is 3. The summed E-state index contributed by atoms with van der Waals surface area (Å²) in [4.78, 5) is 12.2. The normalized spacial score (nSPS) is 18.3. The fourth-order valence-electron chi connectivity index (χ4n) is 3.29. The lowest BCUT2D eigenvalue weighted by atomic mass is 10.1. The van der Waals surface area contributed by atoms with Gasteiger partial charge >= 0.3 is 0 Å². The number of carbonyl (C=O) groups is 1. The van der Waals surface area contributed by atoms with Crippen LogP contribution in [0.3, 0.4) is 0 Å². The Morgan fingerprint density at radius 1 is 1.11 bits per heavy atom. The van der Waals surface area contributed by atoms with Gasteiger partial charge in [-0.2, -0.15) is 0 Å². The highest BCUT2D eigenvalue weighted by Crippen LogP contribution is 2.54. The number of hydrogen-bond donors (Lipinski definition) is 1. The third kappa shape index (κ3) is 4.06. The van der Waals surface area contributed by atoms with Crippen LogP contribution in [0.25, 0.3) is 0 Å². The monoisotopic (exact) mass is 378 g/mol. The maximum atomic E-state index is 12.2. The van der Waals surface area contributed by atoms with Crippen LogP contribution in [-0.2, 0) is 11.8 Å². The first-order valence-corrected chi connectivity index (χ1v) is 10.0. The number of hydrogen-bond acceptors (Lipinski definition) is 4. The molecule has 138 valence electrons. The molecule has 4 rings (SSSR count). The van der Waals surface area contributed by atoms with Crippen LogP contribution in [-0.4, -0.2) is 26.4 Å². The van der Waals surface area contributed by atoms with E-state index in [1.54, 1.807) is 0 Å². The zero-order valence-corrected chi connectivity index (χ0v) is 16.2. The number of amides is 1. The van der Waals surface area contributed by atoms with E-state index in [2.05, 4.69) is 39.8 Å². The minimum absolute atomic E-state index is 0.0398. The van der Waals surface area contributed by atoms with Gasteiger partial charge in [-0.25, -0.2) is 0 Å². The molecule has 1 N–H and O–H groups in total. The summed E-state index contributed by atoms with van der Waals surface area (Å²) in [5.74, 6) is 2.22. The summed E-state index contributed by atoms with van der Waals surface area (Å²) in [6.07, 6.45) is 1.11. The summed E-state index contributed by atoms with van der Waals surface area (Å²) in [6.45, 7) is 2.02. The number of carbonyl (C=O) groups excluding carboxylic acids is 1. The highest BCUT2D eigenvalue weighted by molar-refractivity contribution is 7.99. The van der Waals surface area contributed by atoms with Crippen LogP contribution >= 0.6 is 11.8 Å². The second-order valence-electron chi connectivity index (χ2n) is 6.96. The summed E-state index contributed by atoms with van der Waals surface area (Å²) in [5.41, 5.74) is 3.34. The van der Waals surface area contributed by atoms with Crippen LogP contribution < -0.4 is 5.32 Å². The summed E-state index contributed by atoms with van der Waals surface area (Å²) in [7, 11) is 1.98. The topological polar surface area (TPSA) is 59.8 Å². The number of nitrogens with one attached hydrogen (secondary N) is 1. The van der Waals surface area contributed by atoms with Crippen molar-refractivity contribution in [2.75, 3.05) is 11.1 Å². The highest BCUT2D eigenvalue weighted by atomic mass is 32.2. The summed E-state index contributed by atoms with van der Waals surface area (Å²) in [6, 6.07) is 18.3. The quantitative estimate of drug-likeness (QED) is 0.655. The zero-order valence-electron chi connectivity index (χ0n) is 15.4. The molecule has 0 aliphatic heterocycles. The Hall–Kier alpha value is -2.60.